The number of Topliss-reactive ketones (excluding diaryl/α,β-unsaturated/α-hetero) is 1. The third-order valence-corrected chi connectivity index (χ3v) is 4.96. The van der Waals surface area contributed by atoms with Crippen LogP contribution in [0.2, 0.25) is 5.02 Å². The fourth-order valence-electron chi connectivity index (χ4n) is 3.33. The molecule has 1 saturated carbocycles. The molecule has 0 aliphatic heterocycles. The molecule has 0 saturated heterocycles. The third-order valence-electron chi connectivity index (χ3n) is 4.65. The summed E-state index contributed by atoms with van der Waals surface area (Å²) >= 11 is 6.12. The summed E-state index contributed by atoms with van der Waals surface area (Å²) in [6.45, 7) is 3.60. The van der Waals surface area contributed by atoms with E-state index in [4.69, 9.17) is 16.7 Å². The predicted molar refractivity (Wildman–Crippen MR) is 90.5 cm³/mol. The van der Waals surface area contributed by atoms with Gasteiger partial charge in [-0.25, -0.2) is 4.79 Å². The van der Waals surface area contributed by atoms with E-state index in [1.54, 1.807) is 13.0 Å². The second-order valence-corrected chi connectivity index (χ2v) is 7.10. The molecule has 0 bridgehead atoms. The van der Waals surface area contributed by atoms with Crippen LogP contribution in [-0.4, -0.2) is 38.7 Å². The van der Waals surface area contributed by atoms with E-state index in [9.17, 15) is 14.7 Å². The fourth-order valence-corrected chi connectivity index (χ4v) is 3.62. The molecule has 132 valence electrons. The minimum atomic E-state index is -1.42. The summed E-state index contributed by atoms with van der Waals surface area (Å²) in [5, 5.41) is 22.2. The summed E-state index contributed by atoms with van der Waals surface area (Å²) in [7, 11) is 0. The first-order chi connectivity index (χ1) is 11.2. The average Bonchev–Trinajstić information content (AvgIpc) is 2.48. The van der Waals surface area contributed by atoms with Crippen molar-refractivity contribution in [3.05, 3.63) is 28.5 Å². The highest BCUT2D eigenvalue weighted by molar-refractivity contribution is 6.34. The number of amides is 1. The molecule has 1 aromatic heterocycles. The maximum Gasteiger partial charge on any atom is 0.404 e. The minimum absolute atomic E-state index is 0.148. The van der Waals surface area contributed by atoms with Crippen molar-refractivity contribution in [1.29, 1.82) is 0 Å². The number of hydrogen-bond acceptors (Lipinski definition) is 4. The maximum atomic E-state index is 12.7. The number of aromatic nitrogens is 1. The van der Waals surface area contributed by atoms with Crippen molar-refractivity contribution in [3.63, 3.8) is 0 Å². The van der Waals surface area contributed by atoms with Gasteiger partial charge in [0, 0.05) is 17.9 Å². The molecule has 2 rings (SSSR count). The summed E-state index contributed by atoms with van der Waals surface area (Å²) < 4.78 is 0. The van der Waals surface area contributed by atoms with Crippen LogP contribution in [0.3, 0.4) is 0 Å². The van der Waals surface area contributed by atoms with Gasteiger partial charge in [-0.05, 0) is 57.9 Å². The Kier molecular flexibility index (Phi) is 5.83. The number of pyridine rings is 1. The predicted octanol–water partition coefficient (Wildman–Crippen LogP) is 3.19. The number of carboxylic acid groups (broad SMARTS) is 1. The molecule has 1 atom stereocenters. The van der Waals surface area contributed by atoms with E-state index >= 15 is 0 Å². The molecule has 1 amide bonds. The number of carbonyl (C=O) groups is 2. The first-order valence-corrected chi connectivity index (χ1v) is 8.48. The third kappa shape index (κ3) is 4.45. The molecule has 0 unspecified atom stereocenters. The van der Waals surface area contributed by atoms with Gasteiger partial charge in [0.25, 0.3) is 0 Å². The van der Waals surface area contributed by atoms with Crippen LogP contribution in [-0.2, 0) is 0 Å². The van der Waals surface area contributed by atoms with Gasteiger partial charge in [-0.15, -0.1) is 0 Å². The summed E-state index contributed by atoms with van der Waals surface area (Å²) in [5.74, 6) is -0.0956. The quantitative estimate of drug-likeness (QED) is 0.705. The van der Waals surface area contributed by atoms with Gasteiger partial charge >= 0.3 is 6.09 Å². The normalized spacial score (nSPS) is 25.1. The van der Waals surface area contributed by atoms with Crippen molar-refractivity contribution in [3.8, 4) is 0 Å². The number of hydrogen-bond donors (Lipinski definition) is 3. The largest absolute Gasteiger partial charge is 0.465 e. The van der Waals surface area contributed by atoms with E-state index in [0.29, 0.717) is 42.8 Å². The Labute approximate surface area is 146 Å². The lowest BCUT2D eigenvalue weighted by molar-refractivity contribution is 0.00133. The summed E-state index contributed by atoms with van der Waals surface area (Å²) in [5.41, 5.74) is -0.447. The zero-order chi connectivity index (χ0) is 17.9. The van der Waals surface area contributed by atoms with Crippen molar-refractivity contribution in [2.75, 3.05) is 0 Å². The molecule has 3 N–H and O–H groups in total. The molecule has 1 aliphatic rings. The van der Waals surface area contributed by atoms with E-state index in [0.717, 1.165) is 0 Å². The van der Waals surface area contributed by atoms with Crippen molar-refractivity contribution >= 4 is 23.5 Å². The van der Waals surface area contributed by atoms with E-state index in [1.165, 1.54) is 6.20 Å². The van der Waals surface area contributed by atoms with Crippen LogP contribution in [0.4, 0.5) is 4.79 Å². The van der Waals surface area contributed by atoms with Crippen LogP contribution in [0, 0.1) is 12.8 Å². The highest BCUT2D eigenvalue weighted by atomic mass is 35.5. The number of aliphatic hydroxyl groups is 1. The second kappa shape index (κ2) is 7.49. The molecule has 7 heteroatoms. The molecule has 6 nitrogen and oxygen atoms in total. The van der Waals surface area contributed by atoms with Gasteiger partial charge in [-0.1, -0.05) is 11.6 Å². The lowest BCUT2D eigenvalue weighted by Gasteiger charge is -2.35. The first-order valence-electron chi connectivity index (χ1n) is 8.10. The molecule has 1 fully saturated rings. The van der Waals surface area contributed by atoms with E-state index in [2.05, 4.69) is 10.3 Å². The van der Waals surface area contributed by atoms with E-state index in [1.807, 2.05) is 6.92 Å². The van der Waals surface area contributed by atoms with Crippen molar-refractivity contribution < 1.29 is 19.8 Å². The highest BCUT2D eigenvalue weighted by Crippen LogP contribution is 2.37. The minimum Gasteiger partial charge on any atom is -0.465 e. The van der Waals surface area contributed by atoms with Crippen LogP contribution < -0.4 is 5.32 Å². The van der Waals surface area contributed by atoms with Gasteiger partial charge in [-0.2, -0.15) is 0 Å². The molecule has 1 aromatic rings. The first kappa shape index (κ1) is 18.7. The topological polar surface area (TPSA) is 99.5 Å². The number of halogens is 1. The number of aryl methyl sites for hydroxylation is 1. The number of nitrogens with one attached hydrogen (secondary N) is 1. The smallest absolute Gasteiger partial charge is 0.404 e. The van der Waals surface area contributed by atoms with Gasteiger partial charge in [-0.3, -0.25) is 9.78 Å². The number of carbonyl (C=O) groups excluding carboxylic acids is 1. The molecule has 0 spiro atoms. The van der Waals surface area contributed by atoms with Crippen molar-refractivity contribution in [2.24, 2.45) is 5.92 Å². The Bertz CT molecular complexity index is 627. The van der Waals surface area contributed by atoms with Crippen molar-refractivity contribution in [2.45, 2.75) is 57.6 Å². The highest BCUT2D eigenvalue weighted by Gasteiger charge is 2.41. The maximum absolute atomic E-state index is 12.7. The monoisotopic (exact) mass is 354 g/mol. The van der Waals surface area contributed by atoms with E-state index in [-0.39, 0.29) is 23.3 Å². The number of rotatable bonds is 5. The molecule has 1 heterocycles. The Balaban J connectivity index is 1.98. The summed E-state index contributed by atoms with van der Waals surface area (Å²) in [4.78, 5) is 27.4. The number of ketones is 1. The zero-order valence-electron chi connectivity index (χ0n) is 13.9. The van der Waals surface area contributed by atoms with Crippen LogP contribution in [0.1, 0.15) is 55.1 Å². The van der Waals surface area contributed by atoms with Gasteiger partial charge < -0.3 is 15.5 Å². The fraction of sp³-hybridized carbons (Fsp3) is 0.588. The van der Waals surface area contributed by atoms with Gasteiger partial charge in [0.1, 0.15) is 5.60 Å². The van der Waals surface area contributed by atoms with Crippen LogP contribution in [0.5, 0.6) is 0 Å². The molecular formula is C17H23ClN2O4. The Morgan fingerprint density at radius 1 is 1.46 bits per heavy atom. The molecular weight excluding hydrogens is 332 g/mol. The van der Waals surface area contributed by atoms with E-state index < -0.39 is 11.7 Å². The molecule has 0 radical (unpaired) electrons. The SMILES string of the molecule is Cc1cc(Cl)c(C(=O)C2(O)CCC(C[C@H](C)NC(=O)O)CC2)cn1. The molecule has 1 aliphatic carbocycles. The average molecular weight is 355 g/mol. The Morgan fingerprint density at radius 2 is 2.08 bits per heavy atom. The Hall–Kier alpha value is -1.66. The van der Waals surface area contributed by atoms with Gasteiger partial charge in [0.2, 0.25) is 0 Å². The zero-order valence-corrected chi connectivity index (χ0v) is 14.6. The lowest BCUT2D eigenvalue weighted by Crippen LogP contribution is -2.43. The molecule has 0 aromatic carbocycles. The lowest BCUT2D eigenvalue weighted by atomic mass is 9.73. The summed E-state index contributed by atoms with van der Waals surface area (Å²) in [6, 6.07) is 1.47. The summed E-state index contributed by atoms with van der Waals surface area (Å²) in [6.07, 6.45) is 3.12. The van der Waals surface area contributed by atoms with Crippen molar-refractivity contribution in [1.82, 2.24) is 10.3 Å². The van der Waals surface area contributed by atoms with Gasteiger partial charge in [0.15, 0.2) is 5.78 Å². The second-order valence-electron chi connectivity index (χ2n) is 6.70. The molecule has 24 heavy (non-hydrogen) atoms. The standard InChI is InChI=1S/C17H23ClN2O4/c1-10-8-14(18)13(9-19-10)15(21)17(24)5-3-12(4-6-17)7-11(2)20-16(22)23/h8-9,11-12,20,24H,3-7H2,1-2H3,(H,22,23)/t11-,12?,17?/m0/s1. The van der Waals surface area contributed by atoms with Crippen LogP contribution in [0.15, 0.2) is 12.3 Å². The Morgan fingerprint density at radius 3 is 2.62 bits per heavy atom. The van der Waals surface area contributed by atoms with Gasteiger partial charge in [0.05, 0.1) is 10.6 Å². The van der Waals surface area contributed by atoms with Crippen LogP contribution >= 0.6 is 11.6 Å². The number of nitrogens with zero attached hydrogens (tertiary/aromatic N) is 1. The van der Waals surface area contributed by atoms with Crippen LogP contribution in [0.25, 0.3) is 0 Å².